The zero-order chi connectivity index (χ0) is 14.1. The third kappa shape index (κ3) is 2.48. The molecule has 2 N–H and O–H groups in total. The minimum Gasteiger partial charge on any atom is -0.504 e. The largest absolute Gasteiger partial charge is 0.504 e. The molecule has 5 heteroatoms. The summed E-state index contributed by atoms with van der Waals surface area (Å²) in [6.07, 6.45) is 0. The first-order valence-corrected chi connectivity index (χ1v) is 7.13. The van der Waals surface area contributed by atoms with Crippen LogP contribution < -0.4 is 0 Å². The average molecular weight is 304 g/mol. The molecule has 0 fully saturated rings. The summed E-state index contributed by atoms with van der Waals surface area (Å²) >= 11 is 7.48. The molecule has 0 aliphatic carbocycles. The van der Waals surface area contributed by atoms with Crippen LogP contribution in [0.5, 0.6) is 11.5 Å². The van der Waals surface area contributed by atoms with E-state index in [9.17, 15) is 10.2 Å². The highest BCUT2D eigenvalue weighted by molar-refractivity contribution is 7.13. The smallest absolute Gasteiger partial charge is 0.158 e. The Kier molecular flexibility index (Phi) is 3.34. The minimum atomic E-state index is -0.153. The van der Waals surface area contributed by atoms with Crippen molar-refractivity contribution in [1.82, 2.24) is 4.98 Å². The lowest BCUT2D eigenvalue weighted by Gasteiger charge is -2.00. The van der Waals surface area contributed by atoms with Gasteiger partial charge in [0, 0.05) is 21.5 Å². The molecule has 0 atom stereocenters. The van der Waals surface area contributed by atoms with Crippen LogP contribution in [0.4, 0.5) is 0 Å². The first-order valence-electron chi connectivity index (χ1n) is 5.87. The topological polar surface area (TPSA) is 53.4 Å². The van der Waals surface area contributed by atoms with E-state index >= 15 is 0 Å². The van der Waals surface area contributed by atoms with Crippen molar-refractivity contribution in [3.63, 3.8) is 0 Å². The number of rotatable bonds is 2. The van der Waals surface area contributed by atoms with Crippen molar-refractivity contribution in [2.45, 2.75) is 0 Å². The molecule has 0 saturated heterocycles. The lowest BCUT2D eigenvalue weighted by Crippen LogP contribution is -1.80. The first-order chi connectivity index (χ1) is 9.63. The summed E-state index contributed by atoms with van der Waals surface area (Å²) in [7, 11) is 0. The maximum atomic E-state index is 9.53. The number of nitrogens with zero attached hydrogens (tertiary/aromatic N) is 1. The van der Waals surface area contributed by atoms with Crippen molar-refractivity contribution in [3.8, 4) is 33.3 Å². The molecule has 3 nitrogen and oxygen atoms in total. The van der Waals surface area contributed by atoms with Crippen molar-refractivity contribution in [2.24, 2.45) is 0 Å². The molecule has 100 valence electrons. The quantitative estimate of drug-likeness (QED) is 0.683. The van der Waals surface area contributed by atoms with E-state index in [1.165, 1.54) is 23.5 Å². The average Bonchev–Trinajstić information content (AvgIpc) is 2.92. The summed E-state index contributed by atoms with van der Waals surface area (Å²) in [5.74, 6) is -0.293. The van der Waals surface area contributed by atoms with Crippen LogP contribution in [0.1, 0.15) is 0 Å². The number of aromatic hydroxyl groups is 2. The van der Waals surface area contributed by atoms with E-state index in [0.29, 0.717) is 5.02 Å². The molecule has 0 aliphatic heterocycles. The van der Waals surface area contributed by atoms with Gasteiger partial charge in [-0.2, -0.15) is 0 Å². The number of phenols is 2. The summed E-state index contributed by atoms with van der Waals surface area (Å²) in [6.45, 7) is 0. The Morgan fingerprint density at radius 2 is 1.80 bits per heavy atom. The number of benzene rings is 2. The molecule has 2 aromatic carbocycles. The summed E-state index contributed by atoms with van der Waals surface area (Å²) in [5.41, 5.74) is 2.46. The van der Waals surface area contributed by atoms with Gasteiger partial charge in [0.15, 0.2) is 11.5 Å². The lowest BCUT2D eigenvalue weighted by molar-refractivity contribution is 0.404. The van der Waals surface area contributed by atoms with E-state index in [4.69, 9.17) is 11.6 Å². The standard InChI is InChI=1S/C15H10ClNO2S/c16-11-3-1-2-10(6-11)15-17-12(8-20-15)9-4-5-13(18)14(19)7-9/h1-8,18-19H. The Balaban J connectivity index is 1.99. The van der Waals surface area contributed by atoms with Gasteiger partial charge in [-0.1, -0.05) is 23.7 Å². The molecular formula is C15H10ClNO2S. The lowest BCUT2D eigenvalue weighted by atomic mass is 10.1. The van der Waals surface area contributed by atoms with Crippen molar-refractivity contribution in [3.05, 3.63) is 52.9 Å². The van der Waals surface area contributed by atoms with Crippen LogP contribution in [0, 0.1) is 0 Å². The van der Waals surface area contributed by atoms with Crippen molar-refractivity contribution < 1.29 is 10.2 Å². The van der Waals surface area contributed by atoms with Gasteiger partial charge in [-0.25, -0.2) is 4.98 Å². The second kappa shape index (κ2) is 5.15. The van der Waals surface area contributed by atoms with Gasteiger partial charge in [0.05, 0.1) is 5.69 Å². The summed E-state index contributed by atoms with van der Waals surface area (Å²) in [6, 6.07) is 12.2. The SMILES string of the molecule is Oc1ccc(-c2csc(-c3cccc(Cl)c3)n2)cc1O. The monoisotopic (exact) mass is 303 g/mol. The predicted molar refractivity (Wildman–Crippen MR) is 81.3 cm³/mol. The number of halogens is 1. The molecular weight excluding hydrogens is 294 g/mol. The summed E-state index contributed by atoms with van der Waals surface area (Å²) < 4.78 is 0. The van der Waals surface area contributed by atoms with Crippen LogP contribution in [0.25, 0.3) is 21.8 Å². The van der Waals surface area contributed by atoms with Gasteiger partial charge in [-0.15, -0.1) is 11.3 Å². The van der Waals surface area contributed by atoms with Crippen LogP contribution in [0.15, 0.2) is 47.8 Å². The fraction of sp³-hybridized carbons (Fsp3) is 0. The van der Waals surface area contributed by atoms with Crippen LogP contribution >= 0.6 is 22.9 Å². The van der Waals surface area contributed by atoms with E-state index < -0.39 is 0 Å². The van der Waals surface area contributed by atoms with Gasteiger partial charge in [-0.3, -0.25) is 0 Å². The Labute approximate surface area is 124 Å². The molecule has 0 bridgehead atoms. The molecule has 0 aliphatic rings. The normalized spacial score (nSPS) is 10.7. The fourth-order valence-corrected chi connectivity index (χ4v) is 2.86. The van der Waals surface area contributed by atoms with Gasteiger partial charge < -0.3 is 10.2 Å². The van der Waals surface area contributed by atoms with Crippen molar-refractivity contribution in [1.29, 1.82) is 0 Å². The number of hydrogen-bond acceptors (Lipinski definition) is 4. The van der Waals surface area contributed by atoms with Crippen molar-refractivity contribution in [2.75, 3.05) is 0 Å². The predicted octanol–water partition coefficient (Wildman–Crippen LogP) is 4.54. The Morgan fingerprint density at radius 3 is 2.55 bits per heavy atom. The fourth-order valence-electron chi connectivity index (χ4n) is 1.84. The van der Waals surface area contributed by atoms with E-state index in [1.54, 1.807) is 6.07 Å². The molecule has 0 saturated carbocycles. The number of aromatic nitrogens is 1. The first kappa shape index (κ1) is 13.0. The molecule has 20 heavy (non-hydrogen) atoms. The molecule has 3 rings (SSSR count). The van der Waals surface area contributed by atoms with Crippen LogP contribution in [-0.4, -0.2) is 15.2 Å². The Hall–Kier alpha value is -2.04. The number of hydrogen-bond donors (Lipinski definition) is 2. The van der Waals surface area contributed by atoms with Gasteiger partial charge in [0.2, 0.25) is 0 Å². The molecule has 0 amide bonds. The third-order valence-electron chi connectivity index (χ3n) is 2.85. The second-order valence-electron chi connectivity index (χ2n) is 4.25. The van der Waals surface area contributed by atoms with Gasteiger partial charge in [0.25, 0.3) is 0 Å². The van der Waals surface area contributed by atoms with E-state index in [1.807, 2.05) is 29.6 Å². The molecule has 1 heterocycles. The zero-order valence-electron chi connectivity index (χ0n) is 10.2. The van der Waals surface area contributed by atoms with Crippen LogP contribution in [0.2, 0.25) is 5.02 Å². The molecule has 0 radical (unpaired) electrons. The number of thiazole rings is 1. The van der Waals surface area contributed by atoms with Crippen LogP contribution in [0.3, 0.4) is 0 Å². The van der Waals surface area contributed by atoms with Gasteiger partial charge >= 0.3 is 0 Å². The Morgan fingerprint density at radius 1 is 0.950 bits per heavy atom. The molecule has 3 aromatic rings. The van der Waals surface area contributed by atoms with Gasteiger partial charge in [0.1, 0.15) is 5.01 Å². The zero-order valence-corrected chi connectivity index (χ0v) is 11.8. The molecule has 0 spiro atoms. The maximum absolute atomic E-state index is 9.53. The molecule has 1 aromatic heterocycles. The van der Waals surface area contributed by atoms with E-state index in [2.05, 4.69) is 4.98 Å². The highest BCUT2D eigenvalue weighted by Crippen LogP contribution is 2.33. The summed E-state index contributed by atoms with van der Waals surface area (Å²) in [5, 5.41) is 22.3. The minimum absolute atomic E-state index is 0.140. The van der Waals surface area contributed by atoms with Gasteiger partial charge in [-0.05, 0) is 30.3 Å². The molecule has 0 unspecified atom stereocenters. The Bertz CT molecular complexity index is 770. The highest BCUT2D eigenvalue weighted by atomic mass is 35.5. The van der Waals surface area contributed by atoms with Crippen molar-refractivity contribution >= 4 is 22.9 Å². The van der Waals surface area contributed by atoms with Crippen LogP contribution in [-0.2, 0) is 0 Å². The van der Waals surface area contributed by atoms with E-state index in [0.717, 1.165) is 21.8 Å². The van der Waals surface area contributed by atoms with E-state index in [-0.39, 0.29) is 11.5 Å². The second-order valence-corrected chi connectivity index (χ2v) is 5.55. The maximum Gasteiger partial charge on any atom is 0.158 e. The third-order valence-corrected chi connectivity index (χ3v) is 3.97. The highest BCUT2D eigenvalue weighted by Gasteiger charge is 2.09. The summed E-state index contributed by atoms with van der Waals surface area (Å²) in [4.78, 5) is 4.53. The number of phenolic OH excluding ortho intramolecular Hbond substituents is 2.